The van der Waals surface area contributed by atoms with Crippen molar-refractivity contribution >= 4 is 56.5 Å². The lowest BCUT2D eigenvalue weighted by atomic mass is 9.79. The molecule has 5 aromatic carbocycles. The topological polar surface area (TPSA) is 83.4 Å². The molecule has 0 spiro atoms. The molecule has 7 nitrogen and oxygen atoms in total. The first kappa shape index (κ1) is 28.0. The highest BCUT2D eigenvalue weighted by Gasteiger charge is 2.51. The van der Waals surface area contributed by atoms with E-state index in [1.807, 2.05) is 91.0 Å². The van der Waals surface area contributed by atoms with Gasteiger partial charge in [0.05, 0.1) is 16.8 Å². The Labute approximate surface area is 271 Å². The summed E-state index contributed by atoms with van der Waals surface area (Å²) in [6.07, 6.45) is 0. The van der Waals surface area contributed by atoms with Crippen LogP contribution in [0.1, 0.15) is 27.7 Å². The van der Waals surface area contributed by atoms with E-state index in [-0.39, 0.29) is 0 Å². The highest BCUT2D eigenvalue weighted by atomic mass is 16.7. The second kappa shape index (κ2) is 10.1. The Morgan fingerprint density at radius 1 is 0.511 bits per heavy atom. The molecule has 47 heavy (non-hydrogen) atoms. The molecule has 0 aliphatic carbocycles. The van der Waals surface area contributed by atoms with Crippen molar-refractivity contribution in [2.24, 2.45) is 0 Å². The van der Waals surface area contributed by atoms with Crippen molar-refractivity contribution in [2.75, 3.05) is 0 Å². The Morgan fingerprint density at radius 3 is 1.96 bits per heavy atom. The van der Waals surface area contributed by atoms with Crippen LogP contribution in [-0.2, 0) is 9.31 Å². The lowest BCUT2D eigenvalue weighted by Gasteiger charge is -2.32. The van der Waals surface area contributed by atoms with E-state index in [0.717, 1.165) is 66.0 Å². The van der Waals surface area contributed by atoms with Gasteiger partial charge in [0.1, 0.15) is 22.3 Å². The Kier molecular flexibility index (Phi) is 6.01. The van der Waals surface area contributed by atoms with Crippen LogP contribution in [0.5, 0.6) is 0 Å². The van der Waals surface area contributed by atoms with Gasteiger partial charge in [-0.3, -0.25) is 0 Å². The minimum atomic E-state index is -0.488. The van der Waals surface area contributed by atoms with Gasteiger partial charge in [0.15, 0.2) is 17.5 Å². The van der Waals surface area contributed by atoms with E-state index in [4.69, 9.17) is 33.1 Å². The number of rotatable bonds is 4. The lowest BCUT2D eigenvalue weighted by molar-refractivity contribution is 0.00578. The number of para-hydroxylation sites is 2. The molecular formula is C39H30BN3O4. The maximum atomic E-state index is 6.44. The number of hydrogen-bond acceptors (Lipinski definition) is 7. The molecule has 9 rings (SSSR count). The average Bonchev–Trinajstić information content (AvgIpc) is 3.72. The van der Waals surface area contributed by atoms with Crippen LogP contribution in [0.25, 0.3) is 78.0 Å². The van der Waals surface area contributed by atoms with Crippen molar-refractivity contribution in [1.82, 2.24) is 15.0 Å². The summed E-state index contributed by atoms with van der Waals surface area (Å²) in [4.78, 5) is 15.1. The highest BCUT2D eigenvalue weighted by molar-refractivity contribution is 6.62. The second-order valence-electron chi connectivity index (χ2n) is 13.1. The summed E-state index contributed by atoms with van der Waals surface area (Å²) in [6.45, 7) is 8.22. The monoisotopic (exact) mass is 615 g/mol. The third-order valence-corrected chi connectivity index (χ3v) is 9.60. The summed E-state index contributed by atoms with van der Waals surface area (Å²) in [5, 5.41) is 3.96. The van der Waals surface area contributed by atoms with Crippen molar-refractivity contribution in [3.05, 3.63) is 109 Å². The molecule has 3 aromatic heterocycles. The van der Waals surface area contributed by atoms with E-state index >= 15 is 0 Å². The molecule has 8 heteroatoms. The minimum Gasteiger partial charge on any atom is -0.456 e. The largest absolute Gasteiger partial charge is 0.494 e. The first-order valence-corrected chi connectivity index (χ1v) is 15.8. The van der Waals surface area contributed by atoms with E-state index in [1.165, 1.54) is 0 Å². The van der Waals surface area contributed by atoms with Gasteiger partial charge in [-0.25, -0.2) is 15.0 Å². The molecule has 1 aliphatic heterocycles. The molecule has 1 saturated heterocycles. The van der Waals surface area contributed by atoms with Crippen LogP contribution < -0.4 is 5.46 Å². The maximum absolute atomic E-state index is 6.44. The first-order chi connectivity index (χ1) is 22.8. The molecule has 0 radical (unpaired) electrons. The normalized spacial score (nSPS) is 15.8. The van der Waals surface area contributed by atoms with E-state index < -0.39 is 18.3 Å². The molecule has 0 bridgehead atoms. The molecule has 0 amide bonds. The van der Waals surface area contributed by atoms with Crippen molar-refractivity contribution in [3.63, 3.8) is 0 Å². The average molecular weight is 615 g/mol. The lowest BCUT2D eigenvalue weighted by Crippen LogP contribution is -2.41. The fraction of sp³-hybridized carbons (Fsp3) is 0.154. The van der Waals surface area contributed by atoms with Crippen LogP contribution in [0.15, 0.2) is 118 Å². The predicted octanol–water partition coefficient (Wildman–Crippen LogP) is 8.97. The Morgan fingerprint density at radius 2 is 1.15 bits per heavy atom. The zero-order valence-corrected chi connectivity index (χ0v) is 26.4. The predicted molar refractivity (Wildman–Crippen MR) is 186 cm³/mol. The maximum Gasteiger partial charge on any atom is 0.494 e. The van der Waals surface area contributed by atoms with Crippen LogP contribution in [0.3, 0.4) is 0 Å². The fourth-order valence-electron chi connectivity index (χ4n) is 6.41. The molecule has 0 unspecified atom stereocenters. The van der Waals surface area contributed by atoms with Crippen LogP contribution in [-0.4, -0.2) is 33.3 Å². The van der Waals surface area contributed by atoms with E-state index in [0.29, 0.717) is 17.5 Å². The number of fused-ring (bicyclic) bond motifs is 6. The van der Waals surface area contributed by atoms with Crippen LogP contribution in [0, 0.1) is 0 Å². The number of benzene rings is 5. The molecule has 1 aliphatic rings. The Hall–Kier alpha value is -5.31. The Balaban J connectivity index is 1.24. The molecule has 0 N–H and O–H groups in total. The van der Waals surface area contributed by atoms with Gasteiger partial charge in [0.25, 0.3) is 0 Å². The molecule has 4 heterocycles. The van der Waals surface area contributed by atoms with Crippen LogP contribution in [0.2, 0.25) is 0 Å². The minimum absolute atomic E-state index is 0.437. The van der Waals surface area contributed by atoms with Gasteiger partial charge in [-0.1, -0.05) is 84.9 Å². The third-order valence-electron chi connectivity index (χ3n) is 9.60. The number of aromatic nitrogens is 3. The quantitative estimate of drug-likeness (QED) is 0.183. The highest BCUT2D eigenvalue weighted by Crippen LogP contribution is 2.40. The standard InChI is InChI=1S/C39H30BN3O4/c1-38(2)39(3,4)47-40(46-38)24-20-21-27-32(22-24)44-31-19-11-16-28(33(27)31)36-41-35(23-12-6-5-7-13-23)42-37(43-36)29-17-10-15-26-25-14-8-9-18-30(25)45-34(26)29/h5-22H,1-4H3. The molecule has 1 fully saturated rings. The third kappa shape index (κ3) is 4.40. The number of furan rings is 2. The van der Waals surface area contributed by atoms with Crippen molar-refractivity contribution < 1.29 is 18.1 Å². The molecule has 0 saturated carbocycles. The van der Waals surface area contributed by atoms with Gasteiger partial charge >= 0.3 is 7.12 Å². The van der Waals surface area contributed by atoms with Gasteiger partial charge in [0, 0.05) is 32.7 Å². The SMILES string of the molecule is CC1(C)OB(c2ccc3c(c2)oc2cccc(-c4nc(-c5ccccc5)nc(-c5cccc6c5oc5ccccc56)n4)c23)OC1(C)C. The van der Waals surface area contributed by atoms with Gasteiger partial charge in [-0.05, 0) is 57.4 Å². The fourth-order valence-corrected chi connectivity index (χ4v) is 6.41. The first-order valence-electron chi connectivity index (χ1n) is 15.8. The van der Waals surface area contributed by atoms with E-state index in [9.17, 15) is 0 Å². The second-order valence-corrected chi connectivity index (χ2v) is 13.1. The summed E-state index contributed by atoms with van der Waals surface area (Å²) in [6, 6.07) is 36.2. The van der Waals surface area contributed by atoms with Crippen molar-refractivity contribution in [1.29, 1.82) is 0 Å². The summed E-state index contributed by atoms with van der Waals surface area (Å²) >= 11 is 0. The smallest absolute Gasteiger partial charge is 0.456 e. The van der Waals surface area contributed by atoms with E-state index in [1.54, 1.807) is 0 Å². The van der Waals surface area contributed by atoms with Gasteiger partial charge in [-0.15, -0.1) is 0 Å². The van der Waals surface area contributed by atoms with Crippen LogP contribution in [0.4, 0.5) is 0 Å². The van der Waals surface area contributed by atoms with Crippen molar-refractivity contribution in [3.8, 4) is 34.2 Å². The Bertz CT molecular complexity index is 2480. The van der Waals surface area contributed by atoms with E-state index in [2.05, 4.69) is 45.9 Å². The zero-order valence-electron chi connectivity index (χ0n) is 26.4. The van der Waals surface area contributed by atoms with Crippen molar-refractivity contribution in [2.45, 2.75) is 38.9 Å². The molecular weight excluding hydrogens is 585 g/mol. The summed E-state index contributed by atoms with van der Waals surface area (Å²) in [7, 11) is -0.488. The molecule has 0 atom stereocenters. The number of nitrogens with zero attached hydrogens (tertiary/aromatic N) is 3. The van der Waals surface area contributed by atoms with Gasteiger partial charge in [0.2, 0.25) is 0 Å². The zero-order chi connectivity index (χ0) is 31.9. The van der Waals surface area contributed by atoms with Gasteiger partial charge in [-0.2, -0.15) is 0 Å². The van der Waals surface area contributed by atoms with Crippen LogP contribution >= 0.6 is 0 Å². The summed E-state index contributed by atoms with van der Waals surface area (Å²) < 4.78 is 25.5. The summed E-state index contributed by atoms with van der Waals surface area (Å²) in [5.74, 6) is 1.66. The van der Waals surface area contributed by atoms with Gasteiger partial charge < -0.3 is 18.1 Å². The number of hydrogen-bond donors (Lipinski definition) is 0. The summed E-state index contributed by atoms with van der Waals surface area (Å²) in [5.41, 5.74) is 5.62. The molecule has 8 aromatic rings. The molecule has 228 valence electrons.